The molecule has 2 atom stereocenters. The van der Waals surface area contributed by atoms with Gasteiger partial charge in [-0.15, -0.1) is 23.5 Å². The first kappa shape index (κ1) is 29.8. The Bertz CT molecular complexity index is 1370. The third-order valence-electron chi connectivity index (χ3n) is 6.57. The summed E-state index contributed by atoms with van der Waals surface area (Å²) in [5.74, 6) is -1.22. The van der Waals surface area contributed by atoms with Gasteiger partial charge in [-0.3, -0.25) is 9.98 Å². The van der Waals surface area contributed by atoms with E-state index in [-0.39, 0.29) is 23.9 Å². The number of ether oxygens (including phenoxy) is 2. The van der Waals surface area contributed by atoms with E-state index in [9.17, 15) is 30.0 Å². The number of carbonyl (C=O) groups is 2. The van der Waals surface area contributed by atoms with E-state index in [4.69, 9.17) is 9.47 Å². The highest BCUT2D eigenvalue weighted by Gasteiger charge is 2.32. The van der Waals surface area contributed by atoms with E-state index >= 15 is 0 Å². The fourth-order valence-electron chi connectivity index (χ4n) is 4.25. The Hall–Kier alpha value is -3.22. The molecular weight excluding hydrogens is 556 g/mol. The van der Waals surface area contributed by atoms with Crippen molar-refractivity contribution in [3.63, 3.8) is 0 Å². The smallest absolute Gasteiger partial charge is 0.329 e. The normalized spacial score (nSPS) is 19.3. The lowest BCUT2D eigenvalue weighted by Gasteiger charge is -2.31. The molecule has 10 nitrogen and oxygen atoms in total. The molecule has 0 spiro atoms. The number of carboxylic acid groups (broad SMARTS) is 2. The van der Waals surface area contributed by atoms with E-state index < -0.39 is 35.2 Å². The fraction of sp³-hybridized carbons (Fsp3) is 0.429. The number of phenols is 2. The van der Waals surface area contributed by atoms with Crippen LogP contribution in [0.4, 0.5) is 0 Å². The molecule has 0 unspecified atom stereocenters. The standard InChI is InChI=1S/C28H32N2O8S2/c1-27(2,38-20-10-6-8-16(22(20)32)24-30-19(14-40-24)26(35)36)11-12-37-28(3,4)17-9-5-7-15(21(17)31)23-29-18(13-39-23)25(33)34/h5-10,18-19,31-32H,11-14H2,1-4H3,(H,33,34)(H,35,36)/t18-,19-/m1/s1. The maximum atomic E-state index is 11.3. The van der Waals surface area contributed by atoms with Gasteiger partial charge in [0.15, 0.2) is 23.6 Å². The Kier molecular flexibility index (Phi) is 8.72. The lowest BCUT2D eigenvalue weighted by Crippen LogP contribution is -2.32. The number of rotatable bonds is 11. The van der Waals surface area contributed by atoms with Crippen LogP contribution in [0.25, 0.3) is 0 Å². The number of hydrogen-bond donors (Lipinski definition) is 4. The zero-order chi connectivity index (χ0) is 29.2. The van der Waals surface area contributed by atoms with Crippen molar-refractivity contribution in [2.24, 2.45) is 9.98 Å². The van der Waals surface area contributed by atoms with Crippen molar-refractivity contribution in [1.82, 2.24) is 0 Å². The van der Waals surface area contributed by atoms with Crippen molar-refractivity contribution in [2.45, 2.75) is 57.4 Å². The van der Waals surface area contributed by atoms with Gasteiger partial charge < -0.3 is 29.9 Å². The fourth-order valence-corrected chi connectivity index (χ4v) is 6.36. The summed E-state index contributed by atoms with van der Waals surface area (Å²) in [4.78, 5) is 31.0. The van der Waals surface area contributed by atoms with E-state index in [0.717, 1.165) is 0 Å². The van der Waals surface area contributed by atoms with Crippen LogP contribution in [0.3, 0.4) is 0 Å². The topological polar surface area (TPSA) is 158 Å². The van der Waals surface area contributed by atoms with Gasteiger partial charge in [-0.05, 0) is 45.9 Å². The van der Waals surface area contributed by atoms with Crippen LogP contribution in [0.5, 0.6) is 17.2 Å². The molecule has 40 heavy (non-hydrogen) atoms. The maximum Gasteiger partial charge on any atom is 0.329 e. The van der Waals surface area contributed by atoms with Gasteiger partial charge in [0, 0.05) is 29.1 Å². The van der Waals surface area contributed by atoms with Crippen LogP contribution in [0.2, 0.25) is 0 Å². The van der Waals surface area contributed by atoms with E-state index in [1.54, 1.807) is 36.4 Å². The number of aliphatic carboxylic acids is 2. The largest absolute Gasteiger partial charge is 0.507 e. The molecule has 4 N–H and O–H groups in total. The molecule has 0 radical (unpaired) electrons. The molecular formula is C28H32N2O8S2. The third-order valence-corrected chi connectivity index (χ3v) is 8.73. The van der Waals surface area contributed by atoms with Crippen LogP contribution in [-0.2, 0) is 19.9 Å². The first-order valence-electron chi connectivity index (χ1n) is 12.6. The van der Waals surface area contributed by atoms with Crippen LogP contribution in [0.1, 0.15) is 50.8 Å². The number of aliphatic imine (C=N–C) groups is 2. The summed E-state index contributed by atoms with van der Waals surface area (Å²) in [6.07, 6.45) is 0.445. The van der Waals surface area contributed by atoms with Gasteiger partial charge >= 0.3 is 11.9 Å². The number of hydrogen-bond acceptors (Lipinski definition) is 10. The van der Waals surface area contributed by atoms with Gasteiger partial charge in [-0.25, -0.2) is 9.59 Å². The van der Waals surface area contributed by atoms with Crippen molar-refractivity contribution >= 4 is 45.5 Å². The highest BCUT2D eigenvalue weighted by Crippen LogP contribution is 2.39. The summed E-state index contributed by atoms with van der Waals surface area (Å²) in [5, 5.41) is 41.3. The zero-order valence-corrected chi connectivity index (χ0v) is 24.2. The third kappa shape index (κ3) is 6.56. The van der Waals surface area contributed by atoms with Gasteiger partial charge in [-0.2, -0.15) is 0 Å². The zero-order valence-electron chi connectivity index (χ0n) is 22.6. The lowest BCUT2D eigenvalue weighted by molar-refractivity contribution is -0.138. The minimum atomic E-state index is -1.00. The SMILES string of the molecule is CC(C)(CCOC(C)(C)c1cccc(C2=N[C@@H](C(=O)O)CS2)c1O)Oc1cccc(C2=N[C@@H](C(=O)O)CS2)c1O. The van der Waals surface area contributed by atoms with E-state index in [1.165, 1.54) is 23.5 Å². The predicted octanol–water partition coefficient (Wildman–Crippen LogP) is 4.49. The van der Waals surface area contributed by atoms with Crippen molar-refractivity contribution in [1.29, 1.82) is 0 Å². The Morgan fingerprint density at radius 3 is 1.93 bits per heavy atom. The van der Waals surface area contributed by atoms with Crippen LogP contribution < -0.4 is 4.74 Å². The number of nitrogens with zero attached hydrogens (tertiary/aromatic N) is 2. The molecule has 0 aliphatic carbocycles. The van der Waals surface area contributed by atoms with Crippen molar-refractivity contribution in [2.75, 3.05) is 18.1 Å². The average Bonchev–Trinajstić information content (AvgIpc) is 3.56. The molecule has 2 aliphatic rings. The molecule has 0 amide bonds. The highest BCUT2D eigenvalue weighted by molar-refractivity contribution is 8.15. The minimum absolute atomic E-state index is 0.000120. The van der Waals surface area contributed by atoms with Gasteiger partial charge in [0.05, 0.1) is 17.8 Å². The summed E-state index contributed by atoms with van der Waals surface area (Å²) in [6, 6.07) is 8.61. The second-order valence-electron chi connectivity index (χ2n) is 10.5. The summed E-state index contributed by atoms with van der Waals surface area (Å²) in [7, 11) is 0. The van der Waals surface area contributed by atoms with Gasteiger partial charge in [0.1, 0.15) is 21.4 Å². The van der Waals surface area contributed by atoms with Crippen LogP contribution in [0, 0.1) is 0 Å². The number of para-hydroxylation sites is 2. The van der Waals surface area contributed by atoms with Gasteiger partial charge in [0.25, 0.3) is 0 Å². The number of phenolic OH excluding ortho intramolecular Hbond substituents is 2. The van der Waals surface area contributed by atoms with Crippen molar-refractivity contribution in [3.8, 4) is 17.2 Å². The molecule has 12 heteroatoms. The Morgan fingerprint density at radius 1 is 0.875 bits per heavy atom. The molecule has 2 aromatic carbocycles. The highest BCUT2D eigenvalue weighted by atomic mass is 32.2. The van der Waals surface area contributed by atoms with E-state index in [1.807, 2.05) is 27.7 Å². The minimum Gasteiger partial charge on any atom is -0.507 e. The monoisotopic (exact) mass is 588 g/mol. The Morgan fingerprint density at radius 2 is 1.40 bits per heavy atom. The number of carboxylic acids is 2. The first-order valence-corrected chi connectivity index (χ1v) is 14.6. The Balaban J connectivity index is 1.42. The second kappa shape index (κ2) is 11.7. The summed E-state index contributed by atoms with van der Waals surface area (Å²) < 4.78 is 12.3. The molecule has 4 rings (SSSR count). The van der Waals surface area contributed by atoms with Crippen molar-refractivity contribution < 1.29 is 39.5 Å². The molecule has 0 saturated carbocycles. The second-order valence-corrected chi connectivity index (χ2v) is 12.5. The average molecular weight is 589 g/mol. The van der Waals surface area contributed by atoms with Gasteiger partial charge in [-0.1, -0.05) is 18.2 Å². The Labute approximate surface area is 240 Å². The predicted molar refractivity (Wildman–Crippen MR) is 155 cm³/mol. The number of thioether (sulfide) groups is 2. The van der Waals surface area contributed by atoms with Crippen molar-refractivity contribution in [3.05, 3.63) is 53.1 Å². The lowest BCUT2D eigenvalue weighted by atomic mass is 9.94. The molecule has 2 aliphatic heterocycles. The molecule has 0 aromatic heterocycles. The maximum absolute atomic E-state index is 11.3. The molecule has 214 valence electrons. The van der Waals surface area contributed by atoms with Gasteiger partial charge in [0.2, 0.25) is 0 Å². The number of benzene rings is 2. The molecule has 2 aromatic rings. The first-order chi connectivity index (χ1) is 18.8. The van der Waals surface area contributed by atoms with E-state index in [0.29, 0.717) is 44.7 Å². The number of aromatic hydroxyl groups is 2. The molecule has 2 heterocycles. The summed E-state index contributed by atoms with van der Waals surface area (Å²) in [5.41, 5.74) is -0.181. The van der Waals surface area contributed by atoms with Crippen LogP contribution in [0.15, 0.2) is 46.4 Å². The van der Waals surface area contributed by atoms with Crippen LogP contribution in [-0.4, -0.2) is 78.2 Å². The summed E-state index contributed by atoms with van der Waals surface area (Å²) in [6.45, 7) is 7.67. The quantitative estimate of drug-likeness (QED) is 0.295. The summed E-state index contributed by atoms with van der Waals surface area (Å²) >= 11 is 2.57. The molecule has 0 saturated heterocycles. The van der Waals surface area contributed by atoms with Crippen LogP contribution >= 0.6 is 23.5 Å². The molecule has 0 bridgehead atoms. The van der Waals surface area contributed by atoms with E-state index in [2.05, 4.69) is 9.98 Å². The molecule has 0 fully saturated rings.